The first-order valence-corrected chi connectivity index (χ1v) is 20.2. The zero-order valence-electron chi connectivity index (χ0n) is 30.2. The van der Waals surface area contributed by atoms with Crippen molar-refractivity contribution in [2.24, 2.45) is 17.3 Å². The molecular formula is C51H44FN. The Kier molecular flexibility index (Phi) is 6.36. The Morgan fingerprint density at radius 1 is 0.547 bits per heavy atom. The summed E-state index contributed by atoms with van der Waals surface area (Å²) in [5, 5.41) is 0. The van der Waals surface area contributed by atoms with E-state index in [9.17, 15) is 4.39 Å². The van der Waals surface area contributed by atoms with Gasteiger partial charge in [0, 0.05) is 22.4 Å². The molecule has 0 aromatic heterocycles. The molecule has 0 radical (unpaired) electrons. The third kappa shape index (κ3) is 4.19. The SMILES string of the molecule is Fc1cccc(-c2ccc(N(c3ccc4c(c3)C3(CCCCC3)c3ccccc3-4)c3cccc4[C@H]5CC67CC(CC56)[C@@H](c5ccccc5-c43)C7)cc2)c1. The van der Waals surface area contributed by atoms with Crippen LogP contribution in [0.5, 0.6) is 0 Å². The molecule has 0 heterocycles. The molecule has 0 saturated heterocycles. The molecule has 6 aromatic rings. The van der Waals surface area contributed by atoms with Crippen LogP contribution in [0.2, 0.25) is 0 Å². The predicted molar refractivity (Wildman–Crippen MR) is 215 cm³/mol. The van der Waals surface area contributed by atoms with Gasteiger partial charge in [-0.2, -0.15) is 0 Å². The van der Waals surface area contributed by atoms with Crippen LogP contribution in [-0.2, 0) is 5.41 Å². The van der Waals surface area contributed by atoms with Gasteiger partial charge in [0.25, 0.3) is 0 Å². The van der Waals surface area contributed by atoms with Gasteiger partial charge in [0.2, 0.25) is 0 Å². The minimum Gasteiger partial charge on any atom is -0.310 e. The van der Waals surface area contributed by atoms with Gasteiger partial charge in [-0.3, -0.25) is 0 Å². The van der Waals surface area contributed by atoms with Crippen LogP contribution in [0, 0.1) is 23.1 Å². The molecule has 5 saturated carbocycles. The summed E-state index contributed by atoms with van der Waals surface area (Å²) in [5.74, 6) is 2.72. The molecule has 0 amide bonds. The van der Waals surface area contributed by atoms with Gasteiger partial charge in [0.15, 0.2) is 0 Å². The number of fused-ring (bicyclic) bond motifs is 6. The summed E-state index contributed by atoms with van der Waals surface area (Å²) in [6.45, 7) is 0. The third-order valence-corrected chi connectivity index (χ3v) is 15.2. The number of halogens is 1. The standard InChI is InChI=1S/C51H44FN/c52-35-11-8-10-33(26-35)32-18-20-36(21-19-32)53(37-22-23-40-39-13-4-5-16-45(39)51(47(40)28-37)24-6-1-7-25-51)48-17-9-15-42-44-31-50-29-34(27-46(44)50)43(30-50)38-12-2-3-14-41(38)49(42)48/h2-5,8-23,26,28,34,43-44,46H,1,6-7,24-25,27,29-31H2/t34?,43-,44+,46?,50?/m0/s1. The van der Waals surface area contributed by atoms with E-state index in [-0.39, 0.29) is 11.2 Å². The van der Waals surface area contributed by atoms with Crippen molar-refractivity contribution in [3.05, 3.63) is 162 Å². The van der Waals surface area contributed by atoms with Crippen LogP contribution in [0.25, 0.3) is 33.4 Å². The van der Waals surface area contributed by atoms with Crippen molar-refractivity contribution >= 4 is 17.1 Å². The van der Waals surface area contributed by atoms with E-state index in [1.165, 1.54) is 109 Å². The minimum absolute atomic E-state index is 0.0730. The maximum Gasteiger partial charge on any atom is 0.123 e. The molecule has 6 aliphatic rings. The summed E-state index contributed by atoms with van der Waals surface area (Å²) in [5.41, 5.74) is 18.1. The second-order valence-electron chi connectivity index (χ2n) is 17.4. The molecule has 0 aliphatic heterocycles. The van der Waals surface area contributed by atoms with Crippen LogP contribution >= 0.6 is 0 Å². The molecule has 5 atom stereocenters. The Balaban J connectivity index is 1.09. The van der Waals surface area contributed by atoms with E-state index < -0.39 is 0 Å². The van der Waals surface area contributed by atoms with Gasteiger partial charge in [0.1, 0.15) is 5.82 Å². The highest BCUT2D eigenvalue weighted by molar-refractivity contribution is 5.93. The summed E-state index contributed by atoms with van der Waals surface area (Å²) >= 11 is 0. The monoisotopic (exact) mass is 689 g/mol. The molecule has 2 bridgehead atoms. The first-order chi connectivity index (χ1) is 26.1. The van der Waals surface area contributed by atoms with Crippen molar-refractivity contribution in [2.45, 2.75) is 75.0 Å². The topological polar surface area (TPSA) is 3.24 Å². The lowest BCUT2D eigenvalue weighted by atomic mass is 9.51. The van der Waals surface area contributed by atoms with E-state index in [4.69, 9.17) is 0 Å². The second-order valence-corrected chi connectivity index (χ2v) is 17.4. The van der Waals surface area contributed by atoms with E-state index >= 15 is 0 Å². The van der Waals surface area contributed by atoms with Crippen molar-refractivity contribution in [1.82, 2.24) is 0 Å². The molecule has 5 fully saturated rings. The smallest absolute Gasteiger partial charge is 0.123 e. The van der Waals surface area contributed by atoms with Gasteiger partial charge >= 0.3 is 0 Å². The molecule has 53 heavy (non-hydrogen) atoms. The highest BCUT2D eigenvalue weighted by Crippen LogP contribution is 2.77. The van der Waals surface area contributed by atoms with Crippen LogP contribution in [0.4, 0.5) is 21.5 Å². The van der Waals surface area contributed by atoms with Crippen molar-refractivity contribution < 1.29 is 4.39 Å². The number of benzene rings is 6. The summed E-state index contributed by atoms with van der Waals surface area (Å²) in [6.07, 6.45) is 11.8. The molecule has 6 aliphatic carbocycles. The quantitative estimate of drug-likeness (QED) is 0.161. The molecular weight excluding hydrogens is 646 g/mol. The van der Waals surface area contributed by atoms with E-state index in [2.05, 4.69) is 114 Å². The molecule has 12 rings (SSSR count). The van der Waals surface area contributed by atoms with Crippen LogP contribution in [-0.4, -0.2) is 0 Å². The Bertz CT molecular complexity index is 2450. The van der Waals surface area contributed by atoms with Gasteiger partial charge in [-0.15, -0.1) is 0 Å². The zero-order valence-corrected chi connectivity index (χ0v) is 30.2. The Morgan fingerprint density at radius 3 is 2.13 bits per heavy atom. The largest absolute Gasteiger partial charge is 0.310 e. The zero-order chi connectivity index (χ0) is 34.9. The fourth-order valence-electron chi connectivity index (χ4n) is 13.1. The minimum atomic E-state index is -0.203. The Morgan fingerprint density at radius 2 is 1.28 bits per heavy atom. The number of rotatable bonds is 7. The van der Waals surface area contributed by atoms with Crippen molar-refractivity contribution in [1.29, 1.82) is 0 Å². The Hall–Kier alpha value is -4.95. The second kappa shape index (κ2) is 11.0. The van der Waals surface area contributed by atoms with E-state index in [1.807, 2.05) is 6.07 Å². The molecule has 1 nitrogen and oxygen atoms in total. The van der Waals surface area contributed by atoms with Gasteiger partial charge in [0.05, 0.1) is 5.69 Å². The lowest BCUT2D eigenvalue weighted by Crippen LogP contribution is -2.43. The number of hydrogen-bond donors (Lipinski definition) is 0. The molecule has 2 heteroatoms. The van der Waals surface area contributed by atoms with Crippen LogP contribution in [0.3, 0.4) is 0 Å². The number of anilines is 3. The van der Waals surface area contributed by atoms with E-state index in [0.29, 0.717) is 17.3 Å². The summed E-state index contributed by atoms with van der Waals surface area (Å²) in [6, 6.07) is 49.1. The Labute approximate surface area is 312 Å². The normalized spacial score (nSPS) is 26.1. The number of nitrogens with zero attached hydrogens (tertiary/aromatic N) is 1. The fraction of sp³-hybridized carbons (Fsp3) is 0.294. The fourth-order valence-corrected chi connectivity index (χ4v) is 13.1. The third-order valence-electron chi connectivity index (χ3n) is 15.2. The molecule has 6 aromatic carbocycles. The first-order valence-electron chi connectivity index (χ1n) is 20.2. The first kappa shape index (κ1) is 30.5. The van der Waals surface area contributed by atoms with Crippen molar-refractivity contribution in [3.63, 3.8) is 0 Å². The summed E-state index contributed by atoms with van der Waals surface area (Å²) in [4.78, 5) is 2.57. The predicted octanol–water partition coefficient (Wildman–Crippen LogP) is 13.9. The van der Waals surface area contributed by atoms with Gasteiger partial charge < -0.3 is 4.90 Å². The van der Waals surface area contributed by atoms with Crippen LogP contribution in [0.15, 0.2) is 133 Å². The summed E-state index contributed by atoms with van der Waals surface area (Å²) < 4.78 is 14.3. The number of hydrogen-bond acceptors (Lipinski definition) is 1. The lowest BCUT2D eigenvalue weighted by Gasteiger charge is -2.53. The molecule has 0 N–H and O–H groups in total. The van der Waals surface area contributed by atoms with Gasteiger partial charge in [-0.25, -0.2) is 4.39 Å². The molecule has 2 spiro atoms. The van der Waals surface area contributed by atoms with E-state index in [0.717, 1.165) is 28.7 Å². The highest BCUT2D eigenvalue weighted by atomic mass is 19.1. The van der Waals surface area contributed by atoms with Crippen LogP contribution in [0.1, 0.15) is 91.9 Å². The maximum atomic E-state index is 14.3. The highest BCUT2D eigenvalue weighted by Gasteiger charge is 2.66. The average molecular weight is 690 g/mol. The maximum absolute atomic E-state index is 14.3. The average Bonchev–Trinajstić information content (AvgIpc) is 3.83. The van der Waals surface area contributed by atoms with Crippen LogP contribution < -0.4 is 4.90 Å². The molecule has 3 unspecified atom stereocenters. The van der Waals surface area contributed by atoms with Gasteiger partial charge in [-0.1, -0.05) is 110 Å². The molecule has 260 valence electrons. The van der Waals surface area contributed by atoms with Crippen molar-refractivity contribution in [2.75, 3.05) is 4.90 Å². The van der Waals surface area contributed by atoms with Gasteiger partial charge in [-0.05, 0) is 160 Å². The van der Waals surface area contributed by atoms with E-state index in [1.54, 1.807) is 23.3 Å². The summed E-state index contributed by atoms with van der Waals surface area (Å²) in [7, 11) is 0. The lowest BCUT2D eigenvalue weighted by molar-refractivity contribution is 0.0189. The van der Waals surface area contributed by atoms with Crippen molar-refractivity contribution in [3.8, 4) is 33.4 Å².